The van der Waals surface area contributed by atoms with Gasteiger partial charge in [0.2, 0.25) is 0 Å². The van der Waals surface area contributed by atoms with Crippen LogP contribution < -0.4 is 5.73 Å². The molecule has 1 atom stereocenters. The molecule has 0 saturated carbocycles. The summed E-state index contributed by atoms with van der Waals surface area (Å²) in [6, 6.07) is 0.442. The summed E-state index contributed by atoms with van der Waals surface area (Å²) in [5, 5.41) is 0. The van der Waals surface area contributed by atoms with Crippen molar-refractivity contribution >= 4 is 11.8 Å². The Kier molecular flexibility index (Phi) is 6.65. The highest BCUT2D eigenvalue weighted by Gasteiger charge is 1.96. The van der Waals surface area contributed by atoms with E-state index in [1.807, 2.05) is 11.8 Å². The van der Waals surface area contributed by atoms with Crippen LogP contribution in [-0.2, 0) is 0 Å². The van der Waals surface area contributed by atoms with E-state index in [-0.39, 0.29) is 0 Å². The Morgan fingerprint density at radius 1 is 1.56 bits per heavy atom. The molecule has 0 aromatic heterocycles. The number of hydrogen-bond donors (Lipinski definition) is 1. The lowest BCUT2D eigenvalue weighted by molar-refractivity contribution is 0.589. The van der Waals surface area contributed by atoms with Gasteiger partial charge in [-0.15, -0.1) is 0 Å². The van der Waals surface area contributed by atoms with Gasteiger partial charge in [-0.25, -0.2) is 0 Å². The quantitative estimate of drug-likeness (QED) is 0.601. The second-order valence-corrected chi connectivity index (χ2v) is 3.29. The molecule has 0 aromatic rings. The summed E-state index contributed by atoms with van der Waals surface area (Å²) in [6.07, 6.45) is 5.72. The summed E-state index contributed by atoms with van der Waals surface area (Å²) < 4.78 is 0. The molecule has 0 amide bonds. The number of thioether (sulfide) groups is 1. The van der Waals surface area contributed by atoms with Crippen molar-refractivity contribution in [1.29, 1.82) is 0 Å². The molecule has 0 radical (unpaired) electrons. The van der Waals surface area contributed by atoms with Gasteiger partial charge in [0.15, 0.2) is 0 Å². The third kappa shape index (κ3) is 6.19. The van der Waals surface area contributed by atoms with Crippen molar-refractivity contribution in [3.8, 4) is 0 Å². The number of hydrogen-bond acceptors (Lipinski definition) is 2. The van der Waals surface area contributed by atoms with Gasteiger partial charge < -0.3 is 5.73 Å². The van der Waals surface area contributed by atoms with Gasteiger partial charge in [0, 0.05) is 6.04 Å². The Morgan fingerprint density at radius 3 is 2.67 bits per heavy atom. The zero-order valence-electron chi connectivity index (χ0n) is 6.39. The van der Waals surface area contributed by atoms with Crippen LogP contribution in [0.5, 0.6) is 0 Å². The lowest BCUT2D eigenvalue weighted by Gasteiger charge is -2.05. The molecule has 2 N–H and O–H groups in total. The first-order chi connectivity index (χ1) is 4.31. The topological polar surface area (TPSA) is 26.0 Å². The van der Waals surface area contributed by atoms with Gasteiger partial charge in [-0.3, -0.25) is 0 Å². The van der Waals surface area contributed by atoms with Gasteiger partial charge >= 0.3 is 0 Å². The number of nitrogens with two attached hydrogens (primary N) is 1. The van der Waals surface area contributed by atoms with Crippen LogP contribution in [0.1, 0.15) is 26.2 Å². The molecule has 1 nitrogen and oxygen atoms in total. The molecule has 2 heteroatoms. The third-order valence-electron chi connectivity index (χ3n) is 1.45. The second kappa shape index (κ2) is 6.43. The van der Waals surface area contributed by atoms with E-state index in [2.05, 4.69) is 13.2 Å². The van der Waals surface area contributed by atoms with E-state index in [4.69, 9.17) is 5.73 Å². The SMILES string of the molecule is CCC(N)CCCSC. The molecule has 0 heterocycles. The molecule has 0 spiro atoms. The standard InChI is InChI=1S/C7H17NS/c1-3-7(8)5-4-6-9-2/h7H,3-6,8H2,1-2H3. The summed E-state index contributed by atoms with van der Waals surface area (Å²) in [4.78, 5) is 0. The van der Waals surface area contributed by atoms with Gasteiger partial charge in [-0.2, -0.15) is 11.8 Å². The van der Waals surface area contributed by atoms with Crippen molar-refractivity contribution in [2.24, 2.45) is 5.73 Å². The zero-order valence-corrected chi connectivity index (χ0v) is 7.21. The summed E-state index contributed by atoms with van der Waals surface area (Å²) in [7, 11) is 0. The summed E-state index contributed by atoms with van der Waals surface area (Å²) in [5.74, 6) is 1.26. The molecule has 0 bridgehead atoms. The summed E-state index contributed by atoms with van der Waals surface area (Å²) >= 11 is 1.90. The molecule has 1 unspecified atom stereocenters. The zero-order chi connectivity index (χ0) is 7.11. The van der Waals surface area contributed by atoms with Crippen molar-refractivity contribution in [2.75, 3.05) is 12.0 Å². The Balaban J connectivity index is 2.88. The van der Waals surface area contributed by atoms with E-state index in [1.165, 1.54) is 18.6 Å². The van der Waals surface area contributed by atoms with E-state index >= 15 is 0 Å². The Bertz CT molecular complexity index is 56.9. The largest absolute Gasteiger partial charge is 0.328 e. The first kappa shape index (κ1) is 9.31. The van der Waals surface area contributed by atoms with Gasteiger partial charge in [0.25, 0.3) is 0 Å². The monoisotopic (exact) mass is 147 g/mol. The fraction of sp³-hybridized carbons (Fsp3) is 1.00. The number of rotatable bonds is 5. The van der Waals surface area contributed by atoms with Crippen molar-refractivity contribution < 1.29 is 0 Å². The van der Waals surface area contributed by atoms with Gasteiger partial charge in [0.1, 0.15) is 0 Å². The molecule has 9 heavy (non-hydrogen) atoms. The van der Waals surface area contributed by atoms with E-state index in [0.717, 1.165) is 6.42 Å². The highest BCUT2D eigenvalue weighted by Crippen LogP contribution is 2.02. The predicted molar refractivity (Wildman–Crippen MR) is 45.9 cm³/mol. The predicted octanol–water partition coefficient (Wildman–Crippen LogP) is 1.87. The van der Waals surface area contributed by atoms with Crippen LogP contribution >= 0.6 is 11.8 Å². The lowest BCUT2D eigenvalue weighted by Crippen LogP contribution is -2.18. The third-order valence-corrected chi connectivity index (χ3v) is 2.14. The van der Waals surface area contributed by atoms with Crippen molar-refractivity contribution in [1.82, 2.24) is 0 Å². The average molecular weight is 147 g/mol. The molecule has 0 aliphatic rings. The molecule has 0 rings (SSSR count). The summed E-state index contributed by atoms with van der Waals surface area (Å²) in [6.45, 7) is 2.14. The molecular formula is C7H17NS. The highest BCUT2D eigenvalue weighted by atomic mass is 32.2. The van der Waals surface area contributed by atoms with Crippen LogP contribution in [0, 0.1) is 0 Å². The molecule has 0 saturated heterocycles. The average Bonchev–Trinajstić information content (AvgIpc) is 1.89. The Labute approximate surface area is 62.4 Å². The van der Waals surface area contributed by atoms with Crippen LogP contribution in [0.25, 0.3) is 0 Å². The maximum Gasteiger partial charge on any atom is 0.00364 e. The van der Waals surface area contributed by atoms with Crippen LogP contribution in [0.3, 0.4) is 0 Å². The van der Waals surface area contributed by atoms with Crippen LogP contribution in [-0.4, -0.2) is 18.1 Å². The molecule has 0 aliphatic heterocycles. The fourth-order valence-electron chi connectivity index (χ4n) is 0.694. The Morgan fingerprint density at radius 2 is 2.22 bits per heavy atom. The van der Waals surface area contributed by atoms with Crippen LogP contribution in [0.2, 0.25) is 0 Å². The maximum atomic E-state index is 5.70. The lowest BCUT2D eigenvalue weighted by atomic mass is 10.1. The first-order valence-corrected chi connectivity index (χ1v) is 4.95. The normalized spacial score (nSPS) is 13.7. The van der Waals surface area contributed by atoms with Gasteiger partial charge in [-0.1, -0.05) is 6.92 Å². The summed E-state index contributed by atoms with van der Waals surface area (Å²) in [5.41, 5.74) is 5.70. The van der Waals surface area contributed by atoms with Crippen molar-refractivity contribution in [3.05, 3.63) is 0 Å². The Hall–Kier alpha value is 0.310. The minimum absolute atomic E-state index is 0.442. The molecular weight excluding hydrogens is 130 g/mol. The highest BCUT2D eigenvalue weighted by molar-refractivity contribution is 7.98. The van der Waals surface area contributed by atoms with Crippen molar-refractivity contribution in [3.63, 3.8) is 0 Å². The smallest absolute Gasteiger partial charge is 0.00364 e. The minimum atomic E-state index is 0.442. The minimum Gasteiger partial charge on any atom is -0.328 e. The fourth-order valence-corrected chi connectivity index (χ4v) is 1.15. The van der Waals surface area contributed by atoms with E-state index < -0.39 is 0 Å². The van der Waals surface area contributed by atoms with E-state index in [0.29, 0.717) is 6.04 Å². The van der Waals surface area contributed by atoms with E-state index in [1.54, 1.807) is 0 Å². The first-order valence-electron chi connectivity index (χ1n) is 3.55. The molecule has 0 aliphatic carbocycles. The molecule has 56 valence electrons. The maximum absolute atomic E-state index is 5.70. The van der Waals surface area contributed by atoms with E-state index in [9.17, 15) is 0 Å². The van der Waals surface area contributed by atoms with Gasteiger partial charge in [0.05, 0.1) is 0 Å². The second-order valence-electron chi connectivity index (χ2n) is 2.30. The van der Waals surface area contributed by atoms with Crippen LogP contribution in [0.4, 0.5) is 0 Å². The van der Waals surface area contributed by atoms with Crippen LogP contribution in [0.15, 0.2) is 0 Å². The molecule has 0 aromatic carbocycles. The van der Waals surface area contributed by atoms with Gasteiger partial charge in [-0.05, 0) is 31.3 Å². The molecule has 0 fully saturated rings. The van der Waals surface area contributed by atoms with Crippen molar-refractivity contribution in [2.45, 2.75) is 32.2 Å².